The molecule has 69 heavy (non-hydrogen) atoms. The van der Waals surface area contributed by atoms with Crippen LogP contribution < -0.4 is 4.90 Å². The maximum atomic E-state index is 6.17. The molecule has 0 fully saturated rings. The predicted molar refractivity (Wildman–Crippen MR) is 288 cm³/mol. The largest absolute Gasteiger partial charge is 0.456 e. The molecule has 324 valence electrons. The first-order chi connectivity index (χ1) is 34.1. The topological polar surface area (TPSA) is 29.5 Å². The number of furan rings is 2. The molecule has 0 atom stereocenters. The van der Waals surface area contributed by atoms with Crippen molar-refractivity contribution in [2.45, 2.75) is 0 Å². The molecule has 0 amide bonds. The molecule has 11 aromatic carbocycles. The summed E-state index contributed by atoms with van der Waals surface area (Å²) >= 11 is 0. The number of para-hydroxylation sites is 2. The van der Waals surface area contributed by atoms with Crippen LogP contribution in [0.4, 0.5) is 17.1 Å². The van der Waals surface area contributed by atoms with Gasteiger partial charge in [-0.1, -0.05) is 170 Å². The third kappa shape index (κ3) is 7.53. The summed E-state index contributed by atoms with van der Waals surface area (Å²) in [4.78, 5) is 2.39. The van der Waals surface area contributed by atoms with Crippen LogP contribution in [0.2, 0.25) is 0 Å². The molecule has 3 heteroatoms. The van der Waals surface area contributed by atoms with Crippen molar-refractivity contribution in [3.05, 3.63) is 261 Å². The Balaban J connectivity index is 0.903. The second-order valence-corrected chi connectivity index (χ2v) is 17.7. The second kappa shape index (κ2) is 16.9. The van der Waals surface area contributed by atoms with Gasteiger partial charge in [0.25, 0.3) is 0 Å². The number of fused-ring (bicyclic) bond motifs is 6. The SMILES string of the molecule is c1ccc(-c2cccc(-c3cccc(N(c4cccc(-c5cccc(-c6ccc7oc8ccccc8c7c6)c5)c4)c4cccc(-c5cccc(-c6ccc7oc8ccccc8c7c6)c5)c4)c3)c2)cc1. The first-order valence-corrected chi connectivity index (χ1v) is 23.5. The molecule has 13 aromatic rings. The fourth-order valence-corrected chi connectivity index (χ4v) is 10.00. The van der Waals surface area contributed by atoms with Crippen molar-refractivity contribution in [1.82, 2.24) is 0 Å². The predicted octanol–water partition coefficient (Wildman–Crippen LogP) is 19.0. The van der Waals surface area contributed by atoms with Crippen LogP contribution in [0.25, 0.3) is 111 Å². The molecule has 0 bridgehead atoms. The van der Waals surface area contributed by atoms with E-state index in [4.69, 9.17) is 8.83 Å². The molecule has 0 N–H and O–H groups in total. The Kier molecular flexibility index (Phi) is 9.84. The van der Waals surface area contributed by atoms with Gasteiger partial charge in [0, 0.05) is 38.6 Å². The Morgan fingerprint density at radius 3 is 0.884 bits per heavy atom. The quantitative estimate of drug-likeness (QED) is 0.145. The van der Waals surface area contributed by atoms with Crippen molar-refractivity contribution in [3.8, 4) is 66.8 Å². The highest BCUT2D eigenvalue weighted by atomic mass is 16.3. The Hall–Kier alpha value is -9.18. The zero-order valence-corrected chi connectivity index (χ0v) is 37.6. The van der Waals surface area contributed by atoms with E-state index in [9.17, 15) is 0 Å². The van der Waals surface area contributed by atoms with Crippen LogP contribution >= 0.6 is 0 Å². The van der Waals surface area contributed by atoms with Gasteiger partial charge < -0.3 is 13.7 Å². The number of hydrogen-bond donors (Lipinski definition) is 0. The van der Waals surface area contributed by atoms with Crippen LogP contribution in [0.1, 0.15) is 0 Å². The molecular formula is C66H43NO2. The molecule has 0 unspecified atom stereocenters. The fourth-order valence-electron chi connectivity index (χ4n) is 10.00. The highest BCUT2D eigenvalue weighted by Gasteiger charge is 2.17. The molecule has 0 saturated carbocycles. The minimum absolute atomic E-state index is 0.898. The van der Waals surface area contributed by atoms with Crippen molar-refractivity contribution in [3.63, 3.8) is 0 Å². The summed E-state index contributed by atoms with van der Waals surface area (Å²) in [5.41, 5.74) is 20.7. The minimum atomic E-state index is 0.898. The normalized spacial score (nSPS) is 11.5. The lowest BCUT2D eigenvalue weighted by Gasteiger charge is -2.27. The first kappa shape index (κ1) is 40.1. The van der Waals surface area contributed by atoms with E-state index in [0.29, 0.717) is 0 Å². The Labute approximate surface area is 400 Å². The number of rotatable bonds is 9. The molecular weight excluding hydrogens is 839 g/mol. The maximum absolute atomic E-state index is 6.17. The molecule has 3 nitrogen and oxygen atoms in total. The van der Waals surface area contributed by atoms with Crippen LogP contribution in [-0.4, -0.2) is 0 Å². The van der Waals surface area contributed by atoms with Crippen LogP contribution in [-0.2, 0) is 0 Å². The van der Waals surface area contributed by atoms with Gasteiger partial charge in [-0.15, -0.1) is 0 Å². The molecule has 2 heterocycles. The van der Waals surface area contributed by atoms with Gasteiger partial charge in [-0.3, -0.25) is 0 Å². The van der Waals surface area contributed by atoms with Crippen molar-refractivity contribution in [2.75, 3.05) is 4.90 Å². The van der Waals surface area contributed by atoms with Gasteiger partial charge >= 0.3 is 0 Å². The Morgan fingerprint density at radius 1 is 0.188 bits per heavy atom. The average molecular weight is 882 g/mol. The molecule has 0 radical (unpaired) electrons. The third-order valence-electron chi connectivity index (χ3n) is 13.4. The van der Waals surface area contributed by atoms with E-state index in [1.165, 1.54) is 11.1 Å². The molecule has 13 rings (SSSR count). The number of benzene rings is 11. The standard InChI is InChI=1S/C66H43NO2/c1-2-14-44(15-3-1)45-16-8-17-46(36-45)51-22-11-25-56(39-51)67(57-26-12-23-52(40-57)47-18-9-20-49(37-47)54-32-34-65-61(42-54)59-28-4-6-30-63(59)68-65)58-27-13-24-53(41-58)48-19-10-21-50(38-48)55-33-35-66-62(43-55)60-29-5-7-31-64(60)69-66/h1-43H. The monoisotopic (exact) mass is 881 g/mol. The summed E-state index contributed by atoms with van der Waals surface area (Å²) in [6.45, 7) is 0. The number of anilines is 3. The highest BCUT2D eigenvalue weighted by molar-refractivity contribution is 6.07. The number of nitrogens with zero attached hydrogens (tertiary/aromatic N) is 1. The van der Waals surface area contributed by atoms with Gasteiger partial charge in [0.1, 0.15) is 22.3 Å². The van der Waals surface area contributed by atoms with Crippen LogP contribution in [0.15, 0.2) is 270 Å². The highest BCUT2D eigenvalue weighted by Crippen LogP contribution is 2.42. The van der Waals surface area contributed by atoms with Gasteiger partial charge in [-0.2, -0.15) is 0 Å². The average Bonchev–Trinajstić information content (AvgIpc) is 3.99. The van der Waals surface area contributed by atoms with E-state index in [0.717, 1.165) is 117 Å². The lowest BCUT2D eigenvalue weighted by molar-refractivity contribution is 0.668. The van der Waals surface area contributed by atoms with Gasteiger partial charge in [0.2, 0.25) is 0 Å². The summed E-state index contributed by atoms with van der Waals surface area (Å²) in [7, 11) is 0. The summed E-state index contributed by atoms with van der Waals surface area (Å²) in [6.07, 6.45) is 0. The van der Waals surface area contributed by atoms with E-state index < -0.39 is 0 Å². The fraction of sp³-hybridized carbons (Fsp3) is 0. The van der Waals surface area contributed by atoms with E-state index in [-0.39, 0.29) is 0 Å². The van der Waals surface area contributed by atoms with Crippen molar-refractivity contribution in [2.24, 2.45) is 0 Å². The van der Waals surface area contributed by atoms with Gasteiger partial charge in [-0.25, -0.2) is 0 Å². The van der Waals surface area contributed by atoms with E-state index in [1.807, 2.05) is 24.3 Å². The van der Waals surface area contributed by atoms with Gasteiger partial charge in [0.15, 0.2) is 0 Å². The summed E-state index contributed by atoms with van der Waals surface area (Å²) in [5, 5.41) is 4.51. The smallest absolute Gasteiger partial charge is 0.135 e. The first-order valence-electron chi connectivity index (χ1n) is 23.5. The van der Waals surface area contributed by atoms with Crippen molar-refractivity contribution < 1.29 is 8.83 Å². The van der Waals surface area contributed by atoms with E-state index in [2.05, 4.69) is 241 Å². The van der Waals surface area contributed by atoms with Crippen LogP contribution in [0.3, 0.4) is 0 Å². The number of hydrogen-bond acceptors (Lipinski definition) is 3. The minimum Gasteiger partial charge on any atom is -0.456 e. The van der Waals surface area contributed by atoms with Gasteiger partial charge in [0.05, 0.1) is 0 Å². The van der Waals surface area contributed by atoms with Crippen LogP contribution in [0, 0.1) is 0 Å². The van der Waals surface area contributed by atoms with Crippen LogP contribution in [0.5, 0.6) is 0 Å². The second-order valence-electron chi connectivity index (χ2n) is 17.7. The molecule has 0 aliphatic heterocycles. The summed E-state index contributed by atoms with van der Waals surface area (Å²) < 4.78 is 12.3. The molecule has 0 spiro atoms. The zero-order valence-electron chi connectivity index (χ0n) is 37.6. The Morgan fingerprint density at radius 2 is 0.478 bits per heavy atom. The maximum Gasteiger partial charge on any atom is 0.135 e. The molecule has 0 aliphatic rings. The lowest BCUT2D eigenvalue weighted by atomic mass is 9.96. The zero-order chi connectivity index (χ0) is 45.7. The van der Waals surface area contributed by atoms with E-state index >= 15 is 0 Å². The molecule has 0 saturated heterocycles. The summed E-state index contributed by atoms with van der Waals surface area (Å²) in [6, 6.07) is 93.4. The van der Waals surface area contributed by atoms with Crippen molar-refractivity contribution >= 4 is 60.9 Å². The third-order valence-corrected chi connectivity index (χ3v) is 13.4. The lowest BCUT2D eigenvalue weighted by Crippen LogP contribution is -2.10. The van der Waals surface area contributed by atoms with Gasteiger partial charge in [-0.05, 0) is 158 Å². The molecule has 2 aromatic heterocycles. The molecule has 0 aliphatic carbocycles. The van der Waals surface area contributed by atoms with E-state index in [1.54, 1.807) is 0 Å². The summed E-state index contributed by atoms with van der Waals surface area (Å²) in [5.74, 6) is 0. The Bertz CT molecular complexity index is 3840. The van der Waals surface area contributed by atoms with Crippen molar-refractivity contribution in [1.29, 1.82) is 0 Å².